The summed E-state index contributed by atoms with van der Waals surface area (Å²) in [6.45, 7) is 3.40. The molecule has 0 aromatic carbocycles. The fraction of sp³-hybridized carbons (Fsp3) is 0.769. The lowest BCUT2D eigenvalue weighted by Gasteiger charge is -2.10. The van der Waals surface area contributed by atoms with Crippen LogP contribution in [0.4, 0.5) is 0 Å². The molecule has 3 heteroatoms. The number of aromatic nitrogens is 2. The minimum atomic E-state index is 0.530. The Labute approximate surface area is 97.0 Å². The van der Waals surface area contributed by atoms with Gasteiger partial charge in [0.1, 0.15) is 0 Å². The predicted molar refractivity (Wildman–Crippen MR) is 64.5 cm³/mol. The van der Waals surface area contributed by atoms with Crippen molar-refractivity contribution in [1.29, 1.82) is 0 Å². The molecule has 0 bridgehead atoms. The molecule has 88 valence electrons. The van der Waals surface area contributed by atoms with E-state index in [9.17, 15) is 0 Å². The molecule has 1 saturated heterocycles. The van der Waals surface area contributed by atoms with Crippen LogP contribution in [0.2, 0.25) is 0 Å². The summed E-state index contributed by atoms with van der Waals surface area (Å²) in [5, 5.41) is 11.4. The number of hydrogen-bond acceptors (Lipinski definition) is 2. The largest absolute Gasteiger partial charge is 0.309 e. The van der Waals surface area contributed by atoms with Crippen LogP contribution < -0.4 is 5.32 Å². The van der Waals surface area contributed by atoms with Crippen LogP contribution in [0, 0.1) is 6.92 Å². The van der Waals surface area contributed by atoms with Crippen molar-refractivity contribution in [3.05, 3.63) is 17.0 Å². The van der Waals surface area contributed by atoms with E-state index in [1.807, 2.05) is 0 Å². The van der Waals surface area contributed by atoms with Crippen molar-refractivity contribution >= 4 is 0 Å². The third-order valence-corrected chi connectivity index (χ3v) is 4.24. The average Bonchev–Trinajstić information content (AvgIpc) is 2.96. The van der Waals surface area contributed by atoms with Crippen LogP contribution in [-0.2, 0) is 0 Å². The summed E-state index contributed by atoms with van der Waals surface area (Å²) >= 11 is 0. The molecule has 0 amide bonds. The zero-order chi connectivity index (χ0) is 11.0. The highest BCUT2D eigenvalue weighted by Gasteiger charge is 2.26. The molecular formula is C13H21N3. The van der Waals surface area contributed by atoms with Gasteiger partial charge < -0.3 is 5.32 Å². The number of hydrogen-bond donors (Lipinski definition) is 2. The molecule has 1 atom stereocenters. The molecule has 0 radical (unpaired) electrons. The SMILES string of the molecule is Cc1c(C2CCCC2)n[nH]c1C1CCCN1. The van der Waals surface area contributed by atoms with Crippen molar-refractivity contribution in [2.75, 3.05) is 6.54 Å². The lowest BCUT2D eigenvalue weighted by molar-refractivity contribution is 0.622. The van der Waals surface area contributed by atoms with E-state index in [-0.39, 0.29) is 0 Å². The third-order valence-electron chi connectivity index (χ3n) is 4.24. The topological polar surface area (TPSA) is 40.7 Å². The maximum atomic E-state index is 4.58. The van der Waals surface area contributed by atoms with E-state index in [4.69, 9.17) is 0 Å². The second kappa shape index (κ2) is 4.21. The molecule has 2 N–H and O–H groups in total. The van der Waals surface area contributed by atoms with E-state index in [1.165, 1.54) is 55.5 Å². The van der Waals surface area contributed by atoms with E-state index in [0.29, 0.717) is 6.04 Å². The van der Waals surface area contributed by atoms with Gasteiger partial charge in [0.25, 0.3) is 0 Å². The maximum Gasteiger partial charge on any atom is 0.0685 e. The molecule has 1 aliphatic heterocycles. The van der Waals surface area contributed by atoms with Gasteiger partial charge in [0.15, 0.2) is 0 Å². The fourth-order valence-electron chi connectivity index (χ4n) is 3.29. The molecule has 1 aliphatic carbocycles. The first-order valence-electron chi connectivity index (χ1n) is 6.64. The Hall–Kier alpha value is -0.830. The van der Waals surface area contributed by atoms with Gasteiger partial charge in [-0.3, -0.25) is 5.10 Å². The molecule has 3 nitrogen and oxygen atoms in total. The molecule has 2 heterocycles. The van der Waals surface area contributed by atoms with E-state index in [2.05, 4.69) is 22.4 Å². The highest BCUT2D eigenvalue weighted by atomic mass is 15.1. The number of nitrogens with zero attached hydrogens (tertiary/aromatic N) is 1. The van der Waals surface area contributed by atoms with Crippen molar-refractivity contribution in [1.82, 2.24) is 15.5 Å². The summed E-state index contributed by atoms with van der Waals surface area (Å²) in [6, 6.07) is 0.530. The van der Waals surface area contributed by atoms with Gasteiger partial charge in [-0.25, -0.2) is 0 Å². The average molecular weight is 219 g/mol. The van der Waals surface area contributed by atoms with Gasteiger partial charge in [-0.1, -0.05) is 12.8 Å². The standard InChI is InChI=1S/C13H21N3/c1-9-12(10-5-2-3-6-10)15-16-13(9)11-7-4-8-14-11/h10-11,14H,2-8H2,1H3,(H,15,16). The summed E-state index contributed by atoms with van der Waals surface area (Å²) < 4.78 is 0. The van der Waals surface area contributed by atoms with E-state index in [0.717, 1.165) is 12.5 Å². The quantitative estimate of drug-likeness (QED) is 0.803. The third kappa shape index (κ3) is 1.67. The van der Waals surface area contributed by atoms with Gasteiger partial charge >= 0.3 is 0 Å². The Morgan fingerprint density at radius 3 is 2.62 bits per heavy atom. The van der Waals surface area contributed by atoms with Crippen LogP contribution in [0.25, 0.3) is 0 Å². The highest BCUT2D eigenvalue weighted by molar-refractivity contribution is 5.29. The van der Waals surface area contributed by atoms with Crippen LogP contribution >= 0.6 is 0 Å². The van der Waals surface area contributed by atoms with Gasteiger partial charge in [-0.15, -0.1) is 0 Å². The van der Waals surface area contributed by atoms with Crippen LogP contribution in [0.3, 0.4) is 0 Å². The zero-order valence-electron chi connectivity index (χ0n) is 10.1. The van der Waals surface area contributed by atoms with Gasteiger partial charge in [0.05, 0.1) is 11.4 Å². The summed E-state index contributed by atoms with van der Waals surface area (Å²) in [4.78, 5) is 0. The Balaban J connectivity index is 1.84. The molecule has 0 spiro atoms. The molecule has 2 aliphatic rings. The Morgan fingerprint density at radius 1 is 1.12 bits per heavy atom. The number of rotatable bonds is 2. The van der Waals surface area contributed by atoms with Crippen LogP contribution in [0.5, 0.6) is 0 Å². The van der Waals surface area contributed by atoms with Gasteiger partial charge in [0.2, 0.25) is 0 Å². The molecule has 16 heavy (non-hydrogen) atoms. The first kappa shape index (κ1) is 10.3. The second-order valence-corrected chi connectivity index (χ2v) is 5.28. The molecular weight excluding hydrogens is 198 g/mol. The van der Waals surface area contributed by atoms with Crippen molar-refractivity contribution in [2.45, 2.75) is 57.4 Å². The summed E-state index contributed by atoms with van der Waals surface area (Å²) in [5.74, 6) is 0.728. The van der Waals surface area contributed by atoms with Gasteiger partial charge in [0, 0.05) is 12.0 Å². The minimum Gasteiger partial charge on any atom is -0.309 e. The Morgan fingerprint density at radius 2 is 1.94 bits per heavy atom. The Bertz CT molecular complexity index is 324. The predicted octanol–water partition coefficient (Wildman–Crippen LogP) is 2.80. The lowest BCUT2D eigenvalue weighted by Crippen LogP contribution is -2.14. The molecule has 1 aromatic rings. The molecule has 3 rings (SSSR count). The van der Waals surface area contributed by atoms with Gasteiger partial charge in [-0.2, -0.15) is 5.10 Å². The number of H-pyrrole nitrogens is 1. The molecule has 2 fully saturated rings. The monoisotopic (exact) mass is 219 g/mol. The normalized spacial score (nSPS) is 26.7. The minimum absolute atomic E-state index is 0.530. The maximum absolute atomic E-state index is 4.58. The van der Waals surface area contributed by atoms with Crippen molar-refractivity contribution in [2.24, 2.45) is 0 Å². The number of nitrogens with one attached hydrogen (secondary N) is 2. The van der Waals surface area contributed by atoms with Crippen LogP contribution in [-0.4, -0.2) is 16.7 Å². The van der Waals surface area contributed by atoms with Crippen molar-refractivity contribution < 1.29 is 0 Å². The van der Waals surface area contributed by atoms with E-state index >= 15 is 0 Å². The van der Waals surface area contributed by atoms with Gasteiger partial charge in [-0.05, 0) is 44.7 Å². The Kier molecular flexibility index (Phi) is 2.72. The van der Waals surface area contributed by atoms with Crippen molar-refractivity contribution in [3.63, 3.8) is 0 Å². The van der Waals surface area contributed by atoms with Crippen LogP contribution in [0.1, 0.15) is 67.4 Å². The molecule has 1 unspecified atom stereocenters. The van der Waals surface area contributed by atoms with E-state index in [1.54, 1.807) is 0 Å². The first-order chi connectivity index (χ1) is 7.86. The van der Waals surface area contributed by atoms with E-state index < -0.39 is 0 Å². The zero-order valence-corrected chi connectivity index (χ0v) is 10.1. The molecule has 1 saturated carbocycles. The highest BCUT2D eigenvalue weighted by Crippen LogP contribution is 2.36. The summed E-state index contributed by atoms with van der Waals surface area (Å²) in [6.07, 6.45) is 7.99. The smallest absolute Gasteiger partial charge is 0.0685 e. The van der Waals surface area contributed by atoms with Crippen molar-refractivity contribution in [3.8, 4) is 0 Å². The second-order valence-electron chi connectivity index (χ2n) is 5.28. The summed E-state index contributed by atoms with van der Waals surface area (Å²) in [7, 11) is 0. The lowest BCUT2D eigenvalue weighted by atomic mass is 9.97. The number of aromatic amines is 1. The fourth-order valence-corrected chi connectivity index (χ4v) is 3.29. The molecule has 1 aromatic heterocycles. The summed E-state index contributed by atoms with van der Waals surface area (Å²) in [5.41, 5.74) is 4.12. The first-order valence-corrected chi connectivity index (χ1v) is 6.64. The van der Waals surface area contributed by atoms with Crippen LogP contribution in [0.15, 0.2) is 0 Å².